The van der Waals surface area contributed by atoms with Crippen molar-refractivity contribution in [3.05, 3.63) is 45.7 Å². The number of rotatable bonds is 3. The van der Waals surface area contributed by atoms with Gasteiger partial charge in [0, 0.05) is 15.0 Å². The van der Waals surface area contributed by atoms with Crippen molar-refractivity contribution >= 4 is 43.0 Å². The van der Waals surface area contributed by atoms with Gasteiger partial charge in [-0.25, -0.2) is 8.42 Å². The zero-order valence-electron chi connectivity index (χ0n) is 8.98. The van der Waals surface area contributed by atoms with E-state index < -0.39 is 10.0 Å². The van der Waals surface area contributed by atoms with Crippen LogP contribution in [0.25, 0.3) is 0 Å². The van der Waals surface area contributed by atoms with E-state index in [0.717, 1.165) is 9.35 Å². The maximum atomic E-state index is 12.0. The van der Waals surface area contributed by atoms with Crippen LogP contribution in [0.15, 0.2) is 45.1 Å². The summed E-state index contributed by atoms with van der Waals surface area (Å²) >= 11 is 4.55. The molecule has 0 saturated heterocycles. The zero-order valence-corrected chi connectivity index (χ0v) is 12.2. The summed E-state index contributed by atoms with van der Waals surface area (Å²) in [6.45, 7) is 1.88. The second-order valence-corrected chi connectivity index (χ2v) is 7.59. The highest BCUT2D eigenvalue weighted by atomic mass is 79.9. The van der Waals surface area contributed by atoms with Gasteiger partial charge >= 0.3 is 0 Å². The van der Waals surface area contributed by atoms with E-state index in [1.165, 1.54) is 11.3 Å². The highest BCUT2D eigenvalue weighted by molar-refractivity contribution is 9.10. The third-order valence-electron chi connectivity index (χ3n) is 2.06. The SMILES string of the molecule is Cc1ccc(S(=O)(=O)Nc2cccc(Br)c2)s1. The summed E-state index contributed by atoms with van der Waals surface area (Å²) in [6.07, 6.45) is 0. The van der Waals surface area contributed by atoms with Crippen molar-refractivity contribution in [3.63, 3.8) is 0 Å². The van der Waals surface area contributed by atoms with E-state index in [1.54, 1.807) is 30.3 Å². The summed E-state index contributed by atoms with van der Waals surface area (Å²) < 4.78 is 27.7. The summed E-state index contributed by atoms with van der Waals surface area (Å²) in [6, 6.07) is 10.5. The summed E-state index contributed by atoms with van der Waals surface area (Å²) in [4.78, 5) is 0.972. The average Bonchev–Trinajstić information content (AvgIpc) is 2.65. The lowest BCUT2D eigenvalue weighted by molar-refractivity contribution is 0.603. The number of aryl methyl sites for hydroxylation is 1. The molecule has 0 unspecified atom stereocenters. The zero-order chi connectivity index (χ0) is 12.5. The lowest BCUT2D eigenvalue weighted by Gasteiger charge is -2.06. The van der Waals surface area contributed by atoms with Gasteiger partial charge in [-0.1, -0.05) is 22.0 Å². The fraction of sp³-hybridized carbons (Fsp3) is 0.0909. The van der Waals surface area contributed by atoms with Crippen LogP contribution in [0.2, 0.25) is 0 Å². The van der Waals surface area contributed by atoms with E-state index in [2.05, 4.69) is 20.7 Å². The Balaban J connectivity index is 2.29. The van der Waals surface area contributed by atoms with Gasteiger partial charge in [0.1, 0.15) is 4.21 Å². The Morgan fingerprint density at radius 1 is 1.24 bits per heavy atom. The average molecular weight is 332 g/mol. The number of anilines is 1. The second kappa shape index (κ2) is 4.80. The van der Waals surface area contributed by atoms with Crippen molar-refractivity contribution in [3.8, 4) is 0 Å². The van der Waals surface area contributed by atoms with Crippen molar-refractivity contribution < 1.29 is 8.42 Å². The molecule has 0 atom stereocenters. The van der Waals surface area contributed by atoms with E-state index in [4.69, 9.17) is 0 Å². The van der Waals surface area contributed by atoms with Gasteiger partial charge in [0.05, 0.1) is 0 Å². The van der Waals surface area contributed by atoms with Crippen LogP contribution in [0.4, 0.5) is 5.69 Å². The van der Waals surface area contributed by atoms with Gasteiger partial charge in [0.25, 0.3) is 10.0 Å². The number of halogens is 1. The molecule has 90 valence electrons. The Morgan fingerprint density at radius 3 is 2.59 bits per heavy atom. The van der Waals surface area contributed by atoms with Gasteiger partial charge in [0.2, 0.25) is 0 Å². The fourth-order valence-electron chi connectivity index (χ4n) is 1.31. The number of thiophene rings is 1. The summed E-state index contributed by atoms with van der Waals surface area (Å²) in [7, 11) is -3.46. The summed E-state index contributed by atoms with van der Waals surface area (Å²) in [5.74, 6) is 0. The molecule has 1 N–H and O–H groups in total. The second-order valence-electron chi connectivity index (χ2n) is 3.48. The van der Waals surface area contributed by atoms with E-state index >= 15 is 0 Å². The smallest absolute Gasteiger partial charge is 0.271 e. The monoisotopic (exact) mass is 331 g/mol. The summed E-state index contributed by atoms with van der Waals surface area (Å²) in [5.41, 5.74) is 0.547. The molecule has 0 aliphatic rings. The lowest BCUT2D eigenvalue weighted by atomic mass is 10.3. The molecule has 0 aliphatic heterocycles. The maximum absolute atomic E-state index is 12.0. The van der Waals surface area contributed by atoms with Crippen LogP contribution in [0.3, 0.4) is 0 Å². The molecule has 2 aromatic rings. The molecule has 3 nitrogen and oxygen atoms in total. The molecule has 0 amide bonds. The normalized spacial score (nSPS) is 11.4. The molecule has 17 heavy (non-hydrogen) atoms. The Kier molecular flexibility index (Phi) is 3.56. The summed E-state index contributed by atoms with van der Waals surface area (Å²) in [5, 5.41) is 0. The molecule has 1 aromatic carbocycles. The topological polar surface area (TPSA) is 46.2 Å². The standard InChI is InChI=1S/C11H10BrNO2S2/c1-8-5-6-11(16-8)17(14,15)13-10-4-2-3-9(12)7-10/h2-7,13H,1H3. The van der Waals surface area contributed by atoms with Gasteiger partial charge in [-0.2, -0.15) is 0 Å². The Bertz CT molecular complexity index is 634. The molecule has 0 spiro atoms. The van der Waals surface area contributed by atoms with Gasteiger partial charge < -0.3 is 0 Å². The van der Waals surface area contributed by atoms with E-state index in [1.807, 2.05) is 13.0 Å². The molecule has 0 aliphatic carbocycles. The molecule has 0 saturated carbocycles. The van der Waals surface area contributed by atoms with Crippen LogP contribution in [0.5, 0.6) is 0 Å². The molecule has 1 aromatic heterocycles. The Labute approximate surface area is 113 Å². The quantitative estimate of drug-likeness (QED) is 0.933. The number of nitrogens with one attached hydrogen (secondary N) is 1. The largest absolute Gasteiger partial charge is 0.279 e. The van der Waals surface area contributed by atoms with Crippen LogP contribution < -0.4 is 4.72 Å². The minimum Gasteiger partial charge on any atom is -0.279 e. The molecular formula is C11H10BrNO2S2. The van der Waals surface area contributed by atoms with Gasteiger partial charge in [-0.3, -0.25) is 4.72 Å². The van der Waals surface area contributed by atoms with E-state index in [9.17, 15) is 8.42 Å². The van der Waals surface area contributed by atoms with E-state index in [0.29, 0.717) is 9.90 Å². The van der Waals surface area contributed by atoms with Crippen LogP contribution in [0.1, 0.15) is 4.88 Å². The molecule has 0 fully saturated rings. The highest BCUT2D eigenvalue weighted by Gasteiger charge is 2.16. The van der Waals surface area contributed by atoms with Gasteiger partial charge in [0.15, 0.2) is 0 Å². The van der Waals surface area contributed by atoms with Crippen LogP contribution >= 0.6 is 27.3 Å². The Hall–Kier alpha value is -0.850. The van der Waals surface area contributed by atoms with Gasteiger partial charge in [-0.15, -0.1) is 11.3 Å². The molecule has 0 radical (unpaired) electrons. The van der Waals surface area contributed by atoms with Gasteiger partial charge in [-0.05, 0) is 37.3 Å². The number of hydrogen-bond donors (Lipinski definition) is 1. The maximum Gasteiger partial charge on any atom is 0.271 e. The predicted molar refractivity (Wildman–Crippen MR) is 74.0 cm³/mol. The first-order valence-corrected chi connectivity index (χ1v) is 7.91. The minimum absolute atomic E-state index is 0.329. The third-order valence-corrected chi connectivity index (χ3v) is 5.42. The highest BCUT2D eigenvalue weighted by Crippen LogP contribution is 2.24. The first-order valence-electron chi connectivity index (χ1n) is 4.82. The number of sulfonamides is 1. The first kappa shape index (κ1) is 12.6. The molecule has 2 rings (SSSR count). The number of hydrogen-bond acceptors (Lipinski definition) is 3. The minimum atomic E-state index is -3.46. The van der Waals surface area contributed by atoms with Crippen molar-refractivity contribution in [1.82, 2.24) is 0 Å². The van der Waals surface area contributed by atoms with Crippen LogP contribution in [0, 0.1) is 6.92 Å². The fourth-order valence-corrected chi connectivity index (χ4v) is 4.05. The van der Waals surface area contributed by atoms with Crippen LogP contribution in [-0.2, 0) is 10.0 Å². The van der Waals surface area contributed by atoms with Crippen molar-refractivity contribution in [2.45, 2.75) is 11.1 Å². The molecule has 1 heterocycles. The molecule has 0 bridgehead atoms. The molecule has 6 heteroatoms. The van der Waals surface area contributed by atoms with Crippen molar-refractivity contribution in [1.29, 1.82) is 0 Å². The lowest BCUT2D eigenvalue weighted by Crippen LogP contribution is -2.11. The molecular weight excluding hydrogens is 322 g/mol. The first-order chi connectivity index (χ1) is 7.97. The van der Waals surface area contributed by atoms with Crippen LogP contribution in [-0.4, -0.2) is 8.42 Å². The van der Waals surface area contributed by atoms with E-state index in [-0.39, 0.29) is 0 Å². The third kappa shape index (κ3) is 3.08. The van der Waals surface area contributed by atoms with Crippen molar-refractivity contribution in [2.24, 2.45) is 0 Å². The van der Waals surface area contributed by atoms with Crippen molar-refractivity contribution in [2.75, 3.05) is 4.72 Å². The Morgan fingerprint density at radius 2 is 2.00 bits per heavy atom. The predicted octanol–water partition coefficient (Wildman–Crippen LogP) is 3.62. The number of benzene rings is 1.